The number of sulfone groups is 1. The Morgan fingerprint density at radius 3 is 1.75 bits per heavy atom. The minimum absolute atomic E-state index is 0.453. The van der Waals surface area contributed by atoms with Gasteiger partial charge in [-0.3, -0.25) is 4.79 Å². The summed E-state index contributed by atoms with van der Waals surface area (Å²) in [6.45, 7) is 1.67. The molecule has 2 rings (SSSR count). The average Bonchev–Trinajstić information content (AvgIpc) is 2.51. The Morgan fingerprint density at radius 1 is 0.958 bits per heavy atom. The van der Waals surface area contributed by atoms with Gasteiger partial charge < -0.3 is 0 Å². The third-order valence-corrected chi connectivity index (χ3v) is 5.85. The molecular formula is C18H16Cl2O3S. The second-order valence-electron chi connectivity index (χ2n) is 5.26. The number of hydrogen-bond donors (Lipinski definition) is 0. The Hall–Kier alpha value is -1.62. The van der Waals surface area contributed by atoms with Gasteiger partial charge in [-0.1, -0.05) is 53.5 Å². The highest BCUT2D eigenvalue weighted by molar-refractivity contribution is 7.92. The molecule has 0 aliphatic heterocycles. The van der Waals surface area contributed by atoms with Crippen LogP contribution in [0.15, 0.2) is 60.7 Å². The standard InChI is InChI=1S/C18H16Cl2O3S/c1-2-3-17(21)12-24(22,23)18(13-4-8-15(19)9-5-13)14-6-10-16(20)11-7-14/h2-11,18H,12H2,1H3. The molecule has 24 heavy (non-hydrogen) atoms. The van der Waals surface area contributed by atoms with Gasteiger partial charge in [0, 0.05) is 10.0 Å². The van der Waals surface area contributed by atoms with E-state index >= 15 is 0 Å². The van der Waals surface area contributed by atoms with E-state index in [1.54, 1.807) is 55.5 Å². The van der Waals surface area contributed by atoms with Gasteiger partial charge in [-0.05, 0) is 48.4 Å². The van der Waals surface area contributed by atoms with Gasteiger partial charge in [0.25, 0.3) is 0 Å². The molecule has 0 radical (unpaired) electrons. The molecule has 0 saturated carbocycles. The maximum absolute atomic E-state index is 12.9. The van der Waals surface area contributed by atoms with Crippen molar-refractivity contribution >= 4 is 38.8 Å². The largest absolute Gasteiger partial charge is 0.294 e. The molecule has 3 nitrogen and oxygen atoms in total. The van der Waals surface area contributed by atoms with Crippen molar-refractivity contribution < 1.29 is 13.2 Å². The summed E-state index contributed by atoms with van der Waals surface area (Å²) in [6, 6.07) is 13.1. The Labute approximate surface area is 151 Å². The van der Waals surface area contributed by atoms with E-state index in [1.807, 2.05) is 0 Å². The number of allylic oxidation sites excluding steroid dienone is 2. The number of carbonyl (C=O) groups is 1. The highest BCUT2D eigenvalue weighted by atomic mass is 35.5. The first-order chi connectivity index (χ1) is 11.3. The molecule has 0 amide bonds. The zero-order valence-corrected chi connectivity index (χ0v) is 15.3. The summed E-state index contributed by atoms with van der Waals surface area (Å²) in [7, 11) is -3.76. The third kappa shape index (κ3) is 4.69. The Morgan fingerprint density at radius 2 is 1.38 bits per heavy atom. The summed E-state index contributed by atoms with van der Waals surface area (Å²) in [5, 5.41) is 0.0632. The fraction of sp³-hybridized carbons (Fsp3) is 0.167. The molecule has 0 atom stereocenters. The van der Waals surface area contributed by atoms with Gasteiger partial charge in [-0.25, -0.2) is 8.42 Å². The molecule has 6 heteroatoms. The Bertz CT molecular complexity index is 793. The van der Waals surface area contributed by atoms with Crippen LogP contribution in [0.4, 0.5) is 0 Å². The Kier molecular flexibility index (Phi) is 6.21. The zero-order chi connectivity index (χ0) is 17.7. The number of carbonyl (C=O) groups excluding carboxylic acids is 1. The van der Waals surface area contributed by atoms with E-state index in [0.29, 0.717) is 21.2 Å². The summed E-state index contributed by atoms with van der Waals surface area (Å²) in [4.78, 5) is 11.8. The molecule has 0 saturated heterocycles. The van der Waals surface area contributed by atoms with E-state index in [0.717, 1.165) is 0 Å². The maximum atomic E-state index is 12.9. The molecular weight excluding hydrogens is 367 g/mol. The van der Waals surface area contributed by atoms with Crippen molar-refractivity contribution in [2.24, 2.45) is 0 Å². The predicted molar refractivity (Wildman–Crippen MR) is 98.4 cm³/mol. The van der Waals surface area contributed by atoms with E-state index in [9.17, 15) is 13.2 Å². The highest BCUT2D eigenvalue weighted by Crippen LogP contribution is 2.32. The van der Waals surface area contributed by atoms with Crippen LogP contribution in [0.5, 0.6) is 0 Å². The molecule has 126 valence electrons. The van der Waals surface area contributed by atoms with Gasteiger partial charge in [-0.15, -0.1) is 0 Å². The summed E-state index contributed by atoms with van der Waals surface area (Å²) in [6.07, 6.45) is 2.79. The van der Waals surface area contributed by atoms with Crippen LogP contribution < -0.4 is 0 Å². The number of rotatable bonds is 6. The van der Waals surface area contributed by atoms with Crippen molar-refractivity contribution in [3.63, 3.8) is 0 Å². The molecule has 0 aromatic heterocycles. The van der Waals surface area contributed by atoms with Crippen molar-refractivity contribution in [1.29, 1.82) is 0 Å². The zero-order valence-electron chi connectivity index (χ0n) is 12.9. The fourth-order valence-electron chi connectivity index (χ4n) is 2.40. The summed E-state index contributed by atoms with van der Waals surface area (Å²) < 4.78 is 25.7. The molecule has 0 spiro atoms. The van der Waals surface area contributed by atoms with Crippen molar-refractivity contribution in [2.75, 3.05) is 5.75 Å². The fourth-order valence-corrected chi connectivity index (χ4v) is 4.45. The number of halogens is 2. The first-order valence-corrected chi connectivity index (χ1v) is 9.68. The first kappa shape index (κ1) is 18.7. The molecule has 2 aromatic rings. The lowest BCUT2D eigenvalue weighted by Crippen LogP contribution is -2.22. The SMILES string of the molecule is CC=CC(=O)CS(=O)(=O)C(c1ccc(Cl)cc1)c1ccc(Cl)cc1. The van der Waals surface area contributed by atoms with E-state index < -0.39 is 26.6 Å². The van der Waals surface area contributed by atoms with Crippen LogP contribution in [-0.2, 0) is 14.6 Å². The molecule has 0 unspecified atom stereocenters. The van der Waals surface area contributed by atoms with Gasteiger partial charge in [0.1, 0.15) is 11.0 Å². The van der Waals surface area contributed by atoms with Crippen LogP contribution in [0.25, 0.3) is 0 Å². The Balaban J connectivity index is 2.51. The van der Waals surface area contributed by atoms with Crippen LogP contribution in [0.2, 0.25) is 10.0 Å². The minimum atomic E-state index is -3.76. The van der Waals surface area contributed by atoms with E-state index in [2.05, 4.69) is 0 Å². The van der Waals surface area contributed by atoms with Crippen LogP contribution >= 0.6 is 23.2 Å². The first-order valence-electron chi connectivity index (χ1n) is 7.21. The molecule has 0 N–H and O–H groups in total. The number of ketones is 1. The highest BCUT2D eigenvalue weighted by Gasteiger charge is 2.30. The molecule has 0 bridgehead atoms. The van der Waals surface area contributed by atoms with Gasteiger partial charge in [0.15, 0.2) is 15.6 Å². The third-order valence-electron chi connectivity index (χ3n) is 3.40. The van der Waals surface area contributed by atoms with Crippen LogP contribution in [0.3, 0.4) is 0 Å². The quantitative estimate of drug-likeness (QED) is 0.683. The molecule has 0 heterocycles. The summed E-state index contributed by atoms with van der Waals surface area (Å²) >= 11 is 11.8. The predicted octanol–water partition coefficient (Wildman–Crippen LogP) is 4.64. The van der Waals surface area contributed by atoms with Crippen LogP contribution in [0, 0.1) is 0 Å². The smallest absolute Gasteiger partial charge is 0.170 e. The van der Waals surface area contributed by atoms with Crippen LogP contribution in [0.1, 0.15) is 23.3 Å². The molecule has 0 aliphatic rings. The topological polar surface area (TPSA) is 51.2 Å². The second kappa shape index (κ2) is 7.97. The van der Waals surface area contributed by atoms with Gasteiger partial charge in [0.2, 0.25) is 0 Å². The van der Waals surface area contributed by atoms with Crippen molar-refractivity contribution in [2.45, 2.75) is 12.2 Å². The lowest BCUT2D eigenvalue weighted by molar-refractivity contribution is -0.112. The lowest BCUT2D eigenvalue weighted by Gasteiger charge is -2.18. The number of benzene rings is 2. The molecule has 2 aromatic carbocycles. The van der Waals surface area contributed by atoms with Gasteiger partial charge >= 0.3 is 0 Å². The number of hydrogen-bond acceptors (Lipinski definition) is 3. The van der Waals surface area contributed by atoms with Crippen LogP contribution in [-0.4, -0.2) is 20.0 Å². The summed E-state index contributed by atoms with van der Waals surface area (Å²) in [5.41, 5.74) is 1.10. The maximum Gasteiger partial charge on any atom is 0.170 e. The van der Waals surface area contributed by atoms with E-state index in [-0.39, 0.29) is 0 Å². The van der Waals surface area contributed by atoms with Crippen molar-refractivity contribution in [3.8, 4) is 0 Å². The van der Waals surface area contributed by atoms with E-state index in [1.165, 1.54) is 12.2 Å². The minimum Gasteiger partial charge on any atom is -0.294 e. The monoisotopic (exact) mass is 382 g/mol. The molecule has 0 fully saturated rings. The van der Waals surface area contributed by atoms with E-state index in [4.69, 9.17) is 23.2 Å². The van der Waals surface area contributed by atoms with Gasteiger partial charge in [-0.2, -0.15) is 0 Å². The molecule has 0 aliphatic carbocycles. The van der Waals surface area contributed by atoms with Crippen molar-refractivity contribution in [3.05, 3.63) is 81.9 Å². The van der Waals surface area contributed by atoms with Crippen molar-refractivity contribution in [1.82, 2.24) is 0 Å². The van der Waals surface area contributed by atoms with Gasteiger partial charge in [0.05, 0.1) is 0 Å². The normalized spacial score (nSPS) is 12.0. The second-order valence-corrected chi connectivity index (χ2v) is 8.22. The average molecular weight is 383 g/mol. The lowest BCUT2D eigenvalue weighted by atomic mass is 10.0. The summed E-state index contributed by atoms with van der Waals surface area (Å²) in [5.74, 6) is -1.02.